The van der Waals surface area contributed by atoms with Gasteiger partial charge >= 0.3 is 227 Å². The molecule has 0 saturated heterocycles. The van der Waals surface area contributed by atoms with Gasteiger partial charge in [-0.2, -0.15) is 0 Å². The Morgan fingerprint density at radius 3 is 1.03 bits per heavy atom. The van der Waals surface area contributed by atoms with Crippen LogP contribution in [-0.4, -0.2) is 67.5 Å². The normalized spacial score (nSPS) is 14.2. The summed E-state index contributed by atoms with van der Waals surface area (Å²) in [7, 11) is -6.95. The number of hydrogen-bond acceptors (Lipinski definition) is 2. The van der Waals surface area contributed by atoms with E-state index in [0.717, 1.165) is 0 Å². The van der Waals surface area contributed by atoms with Crippen molar-refractivity contribution >= 4 is 60.5 Å². The third-order valence-electron chi connectivity index (χ3n) is 4.91. The van der Waals surface area contributed by atoms with Crippen molar-refractivity contribution in [3.8, 4) is 0 Å². The van der Waals surface area contributed by atoms with Crippen LogP contribution in [0.1, 0.15) is 11.1 Å². The van der Waals surface area contributed by atoms with Crippen LogP contribution in [0.3, 0.4) is 0 Å². The van der Waals surface area contributed by atoms with Crippen LogP contribution < -0.4 is 0 Å². The zero-order chi connectivity index (χ0) is 26.7. The molecule has 2 aromatic rings. The fourth-order valence-electron chi connectivity index (χ4n) is 3.43. The first kappa shape index (κ1) is 30.0. The summed E-state index contributed by atoms with van der Waals surface area (Å²) in [6.45, 7) is 28.9. The molecule has 0 bridgehead atoms. The number of nitrogens with zero attached hydrogens (tertiary/aromatic N) is 4. The van der Waals surface area contributed by atoms with E-state index in [1.807, 2.05) is 0 Å². The van der Waals surface area contributed by atoms with Gasteiger partial charge in [-0.3, -0.25) is 0 Å². The van der Waals surface area contributed by atoms with Gasteiger partial charge in [0.15, 0.2) is 0 Å². The molecular formula is C26H46GeN4Si4. The first-order chi connectivity index (χ1) is 15.9. The first-order valence-electron chi connectivity index (χ1n) is 12.6. The summed E-state index contributed by atoms with van der Waals surface area (Å²) in [5.41, 5.74) is 2.50. The summed E-state index contributed by atoms with van der Waals surface area (Å²) < 4.78 is 16.5. The van der Waals surface area contributed by atoms with Crippen LogP contribution in [0.15, 0.2) is 70.0 Å². The Hall–Kier alpha value is -1.21. The zero-order valence-electron chi connectivity index (χ0n) is 24.1. The van der Waals surface area contributed by atoms with Gasteiger partial charge in [-0.1, -0.05) is 0 Å². The molecule has 4 nitrogen and oxygen atoms in total. The van der Waals surface area contributed by atoms with Gasteiger partial charge < -0.3 is 0 Å². The van der Waals surface area contributed by atoms with Crippen molar-refractivity contribution in [2.75, 3.05) is 0 Å². The van der Waals surface area contributed by atoms with Gasteiger partial charge in [0.1, 0.15) is 0 Å². The second-order valence-electron chi connectivity index (χ2n) is 13.1. The van der Waals surface area contributed by atoms with Crippen LogP contribution in [0.25, 0.3) is 0 Å². The molecule has 0 spiro atoms. The van der Waals surface area contributed by atoms with Gasteiger partial charge in [-0.15, -0.1) is 0 Å². The number of hydrogen-bond donors (Lipinski definition) is 0. The Morgan fingerprint density at radius 1 is 0.514 bits per heavy atom. The molecule has 0 aliphatic carbocycles. The van der Waals surface area contributed by atoms with Crippen molar-refractivity contribution < 1.29 is 0 Å². The average Bonchev–Trinajstić information content (AvgIpc) is 2.70. The molecule has 0 amide bonds. The van der Waals surface area contributed by atoms with Crippen LogP contribution in [0.5, 0.6) is 0 Å². The van der Waals surface area contributed by atoms with E-state index in [1.165, 1.54) is 22.8 Å². The quantitative estimate of drug-likeness (QED) is 0.180. The Morgan fingerprint density at radius 2 is 0.800 bits per heavy atom. The third kappa shape index (κ3) is 9.64. The fraction of sp³-hybridized carbons (Fsp3) is 0.462. The van der Waals surface area contributed by atoms with Crippen molar-refractivity contribution in [2.45, 2.75) is 78.6 Å². The number of benzene rings is 2. The van der Waals surface area contributed by atoms with Crippen LogP contribution in [0.4, 0.5) is 0 Å². The minimum atomic E-state index is -1.76. The molecular weight excluding hydrogens is 553 g/mol. The van der Waals surface area contributed by atoms with E-state index in [1.54, 1.807) is 0 Å². The molecule has 35 heavy (non-hydrogen) atoms. The van der Waals surface area contributed by atoms with E-state index >= 15 is 0 Å². The Kier molecular flexibility index (Phi) is 9.82. The topological polar surface area (TPSA) is 31.2 Å². The Bertz CT molecular complexity index is 932. The first-order valence-corrected chi connectivity index (χ1v) is 28.2. The van der Waals surface area contributed by atoms with E-state index < -0.39 is 48.8 Å². The van der Waals surface area contributed by atoms with Crippen LogP contribution >= 0.6 is 0 Å². The molecule has 0 heterocycles. The second-order valence-corrected chi connectivity index (χ2v) is 35.9. The van der Waals surface area contributed by atoms with Gasteiger partial charge in [-0.05, 0) is 0 Å². The molecule has 0 N–H and O–H groups in total. The van der Waals surface area contributed by atoms with E-state index in [-0.39, 0.29) is 0 Å². The van der Waals surface area contributed by atoms with Gasteiger partial charge in [0.05, 0.1) is 0 Å². The number of rotatable bonds is 8. The van der Waals surface area contributed by atoms with E-state index in [9.17, 15) is 0 Å². The monoisotopic (exact) mass is 600 g/mol. The molecule has 0 aromatic heterocycles. The van der Waals surface area contributed by atoms with Crippen LogP contribution in [-0.2, 0) is 0 Å². The van der Waals surface area contributed by atoms with Gasteiger partial charge in [-0.25, -0.2) is 0 Å². The zero-order valence-corrected chi connectivity index (χ0v) is 30.2. The van der Waals surface area contributed by atoms with Crippen molar-refractivity contribution in [3.63, 3.8) is 0 Å². The summed E-state index contributed by atoms with van der Waals surface area (Å²) in [6.07, 6.45) is 0. The summed E-state index contributed by atoms with van der Waals surface area (Å²) in [5, 5.41) is 0. The molecule has 0 unspecified atom stereocenters. The van der Waals surface area contributed by atoms with Crippen LogP contribution in [0, 0.1) is 0 Å². The van der Waals surface area contributed by atoms with Crippen molar-refractivity contribution in [1.29, 1.82) is 0 Å². The molecule has 2 rings (SSSR count). The molecule has 190 valence electrons. The summed E-state index contributed by atoms with van der Waals surface area (Å²) in [6, 6.07) is 21.8. The fourth-order valence-corrected chi connectivity index (χ4v) is 14.9. The minimum absolute atomic E-state index is 0.743. The van der Waals surface area contributed by atoms with Crippen molar-refractivity contribution in [2.24, 2.45) is 9.32 Å². The Labute approximate surface area is 226 Å². The SMILES string of the molecule is C[Si](C)(C)/N=C(\c1ccccc1)[N]([Ge][N](/C(=N/[Si](C)(C)C)c1ccccc1)[Si](C)(C)C)[Si](C)(C)C. The molecule has 9 heteroatoms. The summed E-state index contributed by atoms with van der Waals surface area (Å²) >= 11 is -0.743. The van der Waals surface area contributed by atoms with E-state index in [0.29, 0.717) is 0 Å². The van der Waals surface area contributed by atoms with Gasteiger partial charge in [0.2, 0.25) is 0 Å². The van der Waals surface area contributed by atoms with Crippen molar-refractivity contribution in [3.05, 3.63) is 71.8 Å². The van der Waals surface area contributed by atoms with E-state index in [2.05, 4.69) is 146 Å². The van der Waals surface area contributed by atoms with E-state index in [4.69, 9.17) is 9.32 Å². The summed E-state index contributed by atoms with van der Waals surface area (Å²) in [4.78, 5) is 0. The molecule has 2 aromatic carbocycles. The van der Waals surface area contributed by atoms with Crippen LogP contribution in [0.2, 0.25) is 78.6 Å². The maximum absolute atomic E-state index is 5.49. The molecule has 0 fully saturated rings. The predicted octanol–water partition coefficient (Wildman–Crippen LogP) is 7.36. The molecule has 2 radical (unpaired) electrons. The average molecular weight is 600 g/mol. The third-order valence-corrected chi connectivity index (χ3v) is 21.0. The molecule has 0 aliphatic heterocycles. The number of amidine groups is 2. The second kappa shape index (κ2) is 11.5. The summed E-state index contributed by atoms with van der Waals surface area (Å²) in [5.74, 6) is 2.43. The maximum atomic E-state index is 5.49. The van der Waals surface area contributed by atoms with Gasteiger partial charge in [0, 0.05) is 0 Å². The Balaban J connectivity index is 2.76. The standard InChI is InChI=1S/C26H46GeN4Si4/c1-32(2,3)28-25(23-19-15-13-16-20-23)30(34(7,8)9)27-31(35(10,11)12)26(29-33(4,5)6)24-21-17-14-18-22-24/h13-22H,1-12H3/b28-25+,29-26+. The molecule has 0 atom stereocenters. The molecule has 0 saturated carbocycles. The predicted molar refractivity (Wildman–Crippen MR) is 169 cm³/mol. The molecule has 0 aliphatic rings. The van der Waals surface area contributed by atoms with Crippen molar-refractivity contribution in [1.82, 2.24) is 7.05 Å². The van der Waals surface area contributed by atoms with Gasteiger partial charge in [0.25, 0.3) is 0 Å².